The second kappa shape index (κ2) is 7.94. The van der Waals surface area contributed by atoms with Crippen molar-refractivity contribution >= 4 is 33.2 Å². The second-order valence-electron chi connectivity index (χ2n) is 5.50. The summed E-state index contributed by atoms with van der Waals surface area (Å²) in [4.78, 5) is 15.0. The van der Waals surface area contributed by atoms with Gasteiger partial charge < -0.3 is 25.3 Å². The van der Waals surface area contributed by atoms with Crippen molar-refractivity contribution in [1.82, 2.24) is 4.90 Å². The van der Waals surface area contributed by atoms with Gasteiger partial charge in [-0.15, -0.1) is 0 Å². The van der Waals surface area contributed by atoms with Crippen molar-refractivity contribution in [3.05, 3.63) is 22.4 Å². The SMILES string of the molecule is CC(=O)N1CCN(c2c(F)cc(NCC(O)CO)cc2Br)CC1. The number of hydrogen-bond donors (Lipinski definition) is 3. The minimum atomic E-state index is -0.892. The van der Waals surface area contributed by atoms with E-state index in [1.54, 1.807) is 11.0 Å². The van der Waals surface area contributed by atoms with Crippen LogP contribution in [0.1, 0.15) is 6.92 Å². The summed E-state index contributed by atoms with van der Waals surface area (Å²) in [7, 11) is 0. The van der Waals surface area contributed by atoms with Crippen LogP contribution in [0.25, 0.3) is 0 Å². The number of aliphatic hydroxyl groups excluding tert-OH is 2. The van der Waals surface area contributed by atoms with Crippen molar-refractivity contribution in [2.45, 2.75) is 13.0 Å². The smallest absolute Gasteiger partial charge is 0.219 e. The quantitative estimate of drug-likeness (QED) is 0.700. The summed E-state index contributed by atoms with van der Waals surface area (Å²) in [5.41, 5.74) is 0.995. The minimum absolute atomic E-state index is 0.0335. The number of aliphatic hydroxyl groups is 2. The lowest BCUT2D eigenvalue weighted by Gasteiger charge is -2.36. The van der Waals surface area contributed by atoms with Crippen LogP contribution in [0.2, 0.25) is 0 Å². The van der Waals surface area contributed by atoms with Crippen molar-refractivity contribution in [2.75, 3.05) is 49.5 Å². The minimum Gasteiger partial charge on any atom is -0.394 e. The zero-order valence-corrected chi connectivity index (χ0v) is 14.5. The van der Waals surface area contributed by atoms with E-state index in [9.17, 15) is 14.3 Å². The maximum atomic E-state index is 14.5. The van der Waals surface area contributed by atoms with Gasteiger partial charge in [0.1, 0.15) is 5.82 Å². The van der Waals surface area contributed by atoms with Gasteiger partial charge in [-0.3, -0.25) is 4.79 Å². The first kappa shape index (κ1) is 18.0. The number of rotatable bonds is 5. The second-order valence-corrected chi connectivity index (χ2v) is 6.35. The van der Waals surface area contributed by atoms with Gasteiger partial charge in [-0.1, -0.05) is 0 Å². The predicted octanol–water partition coefficient (Wildman–Crippen LogP) is 1.02. The van der Waals surface area contributed by atoms with Crippen LogP contribution in [0.5, 0.6) is 0 Å². The summed E-state index contributed by atoms with van der Waals surface area (Å²) in [6.45, 7) is 3.62. The zero-order chi connectivity index (χ0) is 17.0. The van der Waals surface area contributed by atoms with Gasteiger partial charge in [0.2, 0.25) is 5.91 Å². The Morgan fingerprint density at radius 1 is 1.39 bits per heavy atom. The molecule has 0 saturated carbocycles. The molecule has 23 heavy (non-hydrogen) atoms. The molecule has 1 amide bonds. The third-order valence-corrected chi connectivity index (χ3v) is 4.42. The Morgan fingerprint density at radius 3 is 2.57 bits per heavy atom. The highest BCUT2D eigenvalue weighted by molar-refractivity contribution is 9.10. The molecule has 1 heterocycles. The molecule has 6 nitrogen and oxygen atoms in total. The van der Waals surface area contributed by atoms with Crippen molar-refractivity contribution in [1.29, 1.82) is 0 Å². The molecule has 3 N–H and O–H groups in total. The zero-order valence-electron chi connectivity index (χ0n) is 12.9. The van der Waals surface area contributed by atoms with Crippen LogP contribution < -0.4 is 10.2 Å². The Labute approximate surface area is 143 Å². The standard InChI is InChI=1S/C15H21BrFN3O3/c1-10(22)19-2-4-20(5-3-19)15-13(16)6-11(7-14(15)17)18-8-12(23)9-21/h6-7,12,18,21,23H,2-5,8-9H2,1H3. The topological polar surface area (TPSA) is 76.0 Å². The molecule has 0 bridgehead atoms. The number of halogens is 2. The predicted molar refractivity (Wildman–Crippen MR) is 90.1 cm³/mol. The van der Waals surface area contributed by atoms with E-state index in [0.717, 1.165) is 0 Å². The van der Waals surface area contributed by atoms with Crippen LogP contribution >= 0.6 is 15.9 Å². The number of carbonyl (C=O) groups is 1. The Morgan fingerprint density at radius 2 is 2.04 bits per heavy atom. The molecule has 1 aliphatic heterocycles. The van der Waals surface area contributed by atoms with Gasteiger partial charge in [-0.05, 0) is 28.1 Å². The van der Waals surface area contributed by atoms with Gasteiger partial charge in [0.05, 0.1) is 18.4 Å². The Hall–Kier alpha value is -1.38. The molecular formula is C15H21BrFN3O3. The van der Waals surface area contributed by atoms with E-state index in [2.05, 4.69) is 21.2 Å². The molecule has 1 fully saturated rings. The summed E-state index contributed by atoms with van der Waals surface area (Å²) < 4.78 is 15.1. The summed E-state index contributed by atoms with van der Waals surface area (Å²) >= 11 is 3.39. The fourth-order valence-corrected chi connectivity index (χ4v) is 3.20. The van der Waals surface area contributed by atoms with Crippen molar-refractivity contribution in [3.8, 4) is 0 Å². The highest BCUT2D eigenvalue weighted by Crippen LogP contribution is 2.33. The molecule has 1 aromatic rings. The van der Waals surface area contributed by atoms with Gasteiger partial charge in [0.25, 0.3) is 0 Å². The van der Waals surface area contributed by atoms with E-state index in [0.29, 0.717) is 42.0 Å². The Kier molecular flexibility index (Phi) is 6.20. The van der Waals surface area contributed by atoms with E-state index in [1.165, 1.54) is 13.0 Å². The highest BCUT2D eigenvalue weighted by atomic mass is 79.9. The third kappa shape index (κ3) is 4.55. The van der Waals surface area contributed by atoms with Crippen LogP contribution in [0.4, 0.5) is 15.8 Å². The molecule has 1 saturated heterocycles. The van der Waals surface area contributed by atoms with Crippen LogP contribution in [-0.2, 0) is 4.79 Å². The Balaban J connectivity index is 2.07. The maximum absolute atomic E-state index is 14.5. The molecular weight excluding hydrogens is 369 g/mol. The molecule has 1 atom stereocenters. The van der Waals surface area contributed by atoms with Crippen LogP contribution in [-0.4, -0.2) is 66.5 Å². The number of hydrogen-bond acceptors (Lipinski definition) is 5. The first-order valence-electron chi connectivity index (χ1n) is 7.44. The summed E-state index contributed by atoms with van der Waals surface area (Å²) in [5.74, 6) is -0.345. The van der Waals surface area contributed by atoms with Gasteiger partial charge in [-0.2, -0.15) is 0 Å². The van der Waals surface area contributed by atoms with E-state index in [-0.39, 0.29) is 24.9 Å². The fraction of sp³-hybridized carbons (Fsp3) is 0.533. The van der Waals surface area contributed by atoms with E-state index in [4.69, 9.17) is 5.11 Å². The first-order valence-corrected chi connectivity index (χ1v) is 8.24. The molecule has 1 aromatic carbocycles. The lowest BCUT2D eigenvalue weighted by molar-refractivity contribution is -0.129. The largest absolute Gasteiger partial charge is 0.394 e. The normalized spacial score (nSPS) is 16.4. The third-order valence-electron chi connectivity index (χ3n) is 3.81. The van der Waals surface area contributed by atoms with Crippen LogP contribution in [0.15, 0.2) is 16.6 Å². The number of nitrogens with one attached hydrogen (secondary N) is 1. The highest BCUT2D eigenvalue weighted by Gasteiger charge is 2.23. The van der Waals surface area contributed by atoms with Crippen molar-refractivity contribution in [3.63, 3.8) is 0 Å². The summed E-state index contributed by atoms with van der Waals surface area (Å²) in [5, 5.41) is 21.0. The average molecular weight is 390 g/mol. The molecule has 0 spiro atoms. The van der Waals surface area contributed by atoms with E-state index < -0.39 is 6.10 Å². The number of amides is 1. The monoisotopic (exact) mass is 389 g/mol. The number of piperazine rings is 1. The molecule has 0 aromatic heterocycles. The average Bonchev–Trinajstić information content (AvgIpc) is 2.52. The van der Waals surface area contributed by atoms with E-state index >= 15 is 0 Å². The number of nitrogens with zero attached hydrogens (tertiary/aromatic N) is 2. The number of anilines is 2. The molecule has 0 radical (unpaired) electrons. The summed E-state index contributed by atoms with van der Waals surface area (Å²) in [6.07, 6.45) is -0.892. The van der Waals surface area contributed by atoms with Crippen molar-refractivity contribution in [2.24, 2.45) is 0 Å². The first-order chi connectivity index (χ1) is 10.9. The maximum Gasteiger partial charge on any atom is 0.219 e. The number of carbonyl (C=O) groups excluding carboxylic acids is 1. The molecule has 1 aliphatic rings. The number of benzene rings is 1. The molecule has 8 heteroatoms. The fourth-order valence-electron chi connectivity index (χ4n) is 2.51. The van der Waals surface area contributed by atoms with Gasteiger partial charge in [-0.25, -0.2) is 4.39 Å². The Bertz CT molecular complexity index is 542. The molecule has 0 aliphatic carbocycles. The van der Waals surface area contributed by atoms with Crippen LogP contribution in [0.3, 0.4) is 0 Å². The van der Waals surface area contributed by atoms with Gasteiger partial charge in [0.15, 0.2) is 0 Å². The lowest BCUT2D eigenvalue weighted by Crippen LogP contribution is -2.48. The van der Waals surface area contributed by atoms with Crippen molar-refractivity contribution < 1.29 is 19.4 Å². The van der Waals surface area contributed by atoms with Gasteiger partial charge >= 0.3 is 0 Å². The van der Waals surface area contributed by atoms with Gasteiger partial charge in [0, 0.05) is 49.8 Å². The van der Waals surface area contributed by atoms with Crippen LogP contribution in [0, 0.1) is 5.82 Å². The molecule has 128 valence electrons. The summed E-state index contributed by atoms with van der Waals surface area (Å²) in [6, 6.07) is 3.10. The van der Waals surface area contributed by atoms with E-state index in [1.807, 2.05) is 4.90 Å². The molecule has 1 unspecified atom stereocenters. The molecule has 2 rings (SSSR count). The lowest BCUT2D eigenvalue weighted by atomic mass is 10.2.